The fourth-order valence-electron chi connectivity index (χ4n) is 4.04. The number of anilines is 5. The van der Waals surface area contributed by atoms with Crippen molar-refractivity contribution >= 4 is 34.7 Å². The Balaban J connectivity index is 1.49. The molecule has 36 heavy (non-hydrogen) atoms. The van der Waals surface area contributed by atoms with Gasteiger partial charge in [-0.1, -0.05) is 31.2 Å². The van der Waals surface area contributed by atoms with E-state index in [0.29, 0.717) is 37.8 Å². The van der Waals surface area contributed by atoms with Gasteiger partial charge in [-0.05, 0) is 43.3 Å². The summed E-state index contributed by atoms with van der Waals surface area (Å²) in [6, 6.07) is 15.2. The minimum atomic E-state index is -0.0634. The van der Waals surface area contributed by atoms with Gasteiger partial charge in [-0.15, -0.1) is 5.23 Å². The molecule has 0 spiro atoms. The number of piperazine rings is 1. The van der Waals surface area contributed by atoms with Crippen LogP contribution in [0, 0.1) is 0 Å². The summed E-state index contributed by atoms with van der Waals surface area (Å²) in [7, 11) is 1.95. The average molecular weight is 493 g/mol. The molecule has 1 aliphatic heterocycles. The van der Waals surface area contributed by atoms with Crippen molar-refractivity contribution in [3.63, 3.8) is 0 Å². The molecule has 0 radical (unpaired) electrons. The molecule has 4 rings (SSSR count). The molecule has 1 fully saturated rings. The number of carbonyl (C=O) groups excluding carboxylic acids is 1. The molecule has 0 aliphatic carbocycles. The van der Waals surface area contributed by atoms with Gasteiger partial charge >= 0.3 is 0 Å². The number of nitrogens with zero attached hydrogens (tertiary/aromatic N) is 5. The monoisotopic (exact) mass is 492 g/mol. The van der Waals surface area contributed by atoms with Gasteiger partial charge in [0.25, 0.3) is 0 Å². The highest BCUT2D eigenvalue weighted by atomic mass is 16.8. The molecule has 0 atom stereocenters. The summed E-state index contributed by atoms with van der Waals surface area (Å²) >= 11 is 0. The summed E-state index contributed by atoms with van der Waals surface area (Å²) in [5.41, 5.74) is 9.50. The number of nitrogens with two attached hydrogens (primary N) is 1. The van der Waals surface area contributed by atoms with Gasteiger partial charge in [0.1, 0.15) is 17.3 Å². The Labute approximate surface area is 210 Å². The predicted octanol–water partition coefficient (Wildman–Crippen LogP) is 2.68. The van der Waals surface area contributed by atoms with Crippen LogP contribution >= 0.6 is 0 Å². The molecule has 0 bridgehead atoms. The van der Waals surface area contributed by atoms with Crippen LogP contribution in [0.2, 0.25) is 0 Å². The molecular weight excluding hydrogens is 460 g/mol. The van der Waals surface area contributed by atoms with Crippen LogP contribution in [0.1, 0.15) is 12.5 Å². The zero-order valence-corrected chi connectivity index (χ0v) is 20.5. The second-order valence-corrected chi connectivity index (χ2v) is 8.64. The Hall–Kier alpha value is -3.93. The topological polar surface area (TPSA) is 143 Å². The van der Waals surface area contributed by atoms with E-state index in [1.807, 2.05) is 29.0 Å². The number of benzene rings is 1. The lowest BCUT2D eigenvalue weighted by Gasteiger charge is -2.33. The van der Waals surface area contributed by atoms with Gasteiger partial charge in [0, 0.05) is 31.7 Å². The van der Waals surface area contributed by atoms with Crippen LogP contribution in [-0.4, -0.2) is 71.0 Å². The van der Waals surface area contributed by atoms with Crippen molar-refractivity contribution in [3.8, 4) is 11.3 Å². The predicted molar refractivity (Wildman–Crippen MR) is 141 cm³/mol. The van der Waals surface area contributed by atoms with Gasteiger partial charge in [-0.2, -0.15) is 0 Å². The number of nitrogens with one attached hydrogen (secondary N) is 2. The van der Waals surface area contributed by atoms with E-state index >= 15 is 0 Å². The lowest BCUT2D eigenvalue weighted by atomic mass is 10.0. The van der Waals surface area contributed by atoms with Crippen molar-refractivity contribution in [3.05, 3.63) is 54.1 Å². The lowest BCUT2D eigenvalue weighted by molar-refractivity contribution is -0.120. The zero-order valence-electron chi connectivity index (χ0n) is 20.5. The molecule has 1 amide bonds. The second kappa shape index (κ2) is 11.2. The van der Waals surface area contributed by atoms with Gasteiger partial charge in [-0.3, -0.25) is 20.1 Å². The number of aryl methyl sites for hydroxylation is 1. The highest BCUT2D eigenvalue weighted by Crippen LogP contribution is 2.32. The van der Waals surface area contributed by atoms with Crippen molar-refractivity contribution in [2.75, 3.05) is 66.3 Å². The minimum absolute atomic E-state index is 0.00120. The SMILES string of the molecule is CCc1ccc(-c2nc(NCCNc3ccc(N(O)O)c(N)n3)ccc2N2CCN(C)CC2=O)cc1. The van der Waals surface area contributed by atoms with Crippen LogP contribution in [0.4, 0.5) is 28.8 Å². The van der Waals surface area contributed by atoms with Crippen molar-refractivity contribution in [2.24, 2.45) is 0 Å². The third kappa shape index (κ3) is 5.82. The number of hydrogen-bond acceptors (Lipinski definition) is 10. The van der Waals surface area contributed by atoms with Crippen LogP contribution in [0.3, 0.4) is 0 Å². The van der Waals surface area contributed by atoms with E-state index in [9.17, 15) is 4.79 Å². The van der Waals surface area contributed by atoms with Crippen LogP contribution in [0.15, 0.2) is 48.5 Å². The van der Waals surface area contributed by atoms with E-state index in [4.69, 9.17) is 21.1 Å². The molecule has 11 nitrogen and oxygen atoms in total. The first-order chi connectivity index (χ1) is 17.4. The maximum absolute atomic E-state index is 12.8. The summed E-state index contributed by atoms with van der Waals surface area (Å²) in [6.45, 7) is 4.99. The molecule has 3 aromatic rings. The standard InChI is InChI=1S/C25H32N8O3/c1-3-17-4-6-18(7-5-17)24-19(32-15-14-31(2)16-23(32)34)8-10-21(29-24)27-12-13-28-22-11-9-20(33(35)36)25(26)30-22/h4-11,35-36H,3,12-16H2,1-2H3,(H,27,29)(H3,26,28,30). The van der Waals surface area contributed by atoms with E-state index in [1.54, 1.807) is 6.07 Å². The van der Waals surface area contributed by atoms with E-state index in [2.05, 4.69) is 46.8 Å². The minimum Gasteiger partial charge on any atom is -0.382 e. The first-order valence-electron chi connectivity index (χ1n) is 11.9. The molecule has 1 aliphatic rings. The summed E-state index contributed by atoms with van der Waals surface area (Å²) in [4.78, 5) is 25.6. The Bertz CT molecular complexity index is 1200. The zero-order chi connectivity index (χ0) is 25.7. The van der Waals surface area contributed by atoms with E-state index in [-0.39, 0.29) is 22.6 Å². The van der Waals surface area contributed by atoms with Gasteiger partial charge < -0.3 is 21.3 Å². The smallest absolute Gasteiger partial charge is 0.241 e. The summed E-state index contributed by atoms with van der Waals surface area (Å²) in [6.07, 6.45) is 0.952. The van der Waals surface area contributed by atoms with Crippen LogP contribution in [0.25, 0.3) is 11.3 Å². The third-order valence-electron chi connectivity index (χ3n) is 6.07. The van der Waals surface area contributed by atoms with Crippen molar-refractivity contribution < 1.29 is 15.2 Å². The van der Waals surface area contributed by atoms with E-state index in [0.717, 1.165) is 29.9 Å². The fraction of sp³-hybridized carbons (Fsp3) is 0.320. The van der Waals surface area contributed by atoms with Crippen LogP contribution in [0.5, 0.6) is 0 Å². The molecule has 11 heteroatoms. The maximum Gasteiger partial charge on any atom is 0.241 e. The molecule has 0 saturated carbocycles. The number of carbonyl (C=O) groups is 1. The fourth-order valence-corrected chi connectivity index (χ4v) is 4.04. The number of amides is 1. The number of pyridine rings is 2. The van der Waals surface area contributed by atoms with Gasteiger partial charge in [-0.25, -0.2) is 9.97 Å². The van der Waals surface area contributed by atoms with Gasteiger partial charge in [0.05, 0.1) is 17.9 Å². The molecule has 1 aromatic carbocycles. The average Bonchev–Trinajstić information content (AvgIpc) is 2.87. The maximum atomic E-state index is 12.8. The Morgan fingerprint density at radius 3 is 2.25 bits per heavy atom. The number of likely N-dealkylation sites (N-methyl/N-ethyl adjacent to an activating group) is 1. The molecule has 2 aromatic heterocycles. The molecule has 1 saturated heterocycles. The molecule has 3 heterocycles. The van der Waals surface area contributed by atoms with Gasteiger partial charge in [0.2, 0.25) is 5.91 Å². The van der Waals surface area contributed by atoms with Crippen LogP contribution in [-0.2, 0) is 11.2 Å². The summed E-state index contributed by atoms with van der Waals surface area (Å²) in [5.74, 6) is 1.25. The first-order valence-corrected chi connectivity index (χ1v) is 11.9. The van der Waals surface area contributed by atoms with Crippen molar-refractivity contribution in [1.29, 1.82) is 0 Å². The number of hydrogen-bond donors (Lipinski definition) is 5. The largest absolute Gasteiger partial charge is 0.382 e. The molecule has 0 unspecified atom stereocenters. The second-order valence-electron chi connectivity index (χ2n) is 8.64. The Kier molecular flexibility index (Phi) is 7.84. The quantitative estimate of drug-likeness (QED) is 0.223. The third-order valence-corrected chi connectivity index (χ3v) is 6.07. The highest BCUT2D eigenvalue weighted by molar-refractivity contribution is 5.99. The number of nitrogen functional groups attached to an aromatic ring is 1. The van der Waals surface area contributed by atoms with Crippen LogP contribution < -0.4 is 26.5 Å². The lowest BCUT2D eigenvalue weighted by Crippen LogP contribution is -2.49. The molecular formula is C25H32N8O3. The highest BCUT2D eigenvalue weighted by Gasteiger charge is 2.26. The Morgan fingerprint density at radius 1 is 0.972 bits per heavy atom. The number of rotatable bonds is 9. The summed E-state index contributed by atoms with van der Waals surface area (Å²) in [5, 5.41) is 24.6. The normalized spacial score (nSPS) is 14.1. The van der Waals surface area contributed by atoms with Gasteiger partial charge in [0.15, 0.2) is 5.82 Å². The van der Waals surface area contributed by atoms with Crippen molar-refractivity contribution in [2.45, 2.75) is 13.3 Å². The summed E-state index contributed by atoms with van der Waals surface area (Å²) < 4.78 is 0. The van der Waals surface area contributed by atoms with Crippen molar-refractivity contribution in [1.82, 2.24) is 14.9 Å². The van der Waals surface area contributed by atoms with E-state index in [1.165, 1.54) is 11.6 Å². The molecule has 190 valence electrons. The number of aromatic nitrogens is 2. The van der Waals surface area contributed by atoms with E-state index < -0.39 is 0 Å². The molecule has 6 N–H and O–H groups in total. The first kappa shape index (κ1) is 25.2. The Morgan fingerprint density at radius 2 is 1.64 bits per heavy atom.